The molecule has 1 aromatic rings. The van der Waals surface area contributed by atoms with E-state index in [9.17, 15) is 18.0 Å². The fourth-order valence-electron chi connectivity index (χ4n) is 1.95. The topological polar surface area (TPSA) is 54.5 Å². The summed E-state index contributed by atoms with van der Waals surface area (Å²) in [6.07, 6.45) is -2.86. The Bertz CT molecular complexity index is 453. The van der Waals surface area contributed by atoms with Crippen molar-refractivity contribution < 1.29 is 22.7 Å². The van der Waals surface area contributed by atoms with Crippen LogP contribution in [0.5, 0.6) is 0 Å². The number of pyridine rings is 1. The average molecular weight is 289 g/mol. The minimum Gasteiger partial charge on any atom is -0.378 e. The van der Waals surface area contributed by atoms with Gasteiger partial charge in [-0.3, -0.25) is 9.69 Å². The molecule has 1 aliphatic heterocycles. The predicted octanol–water partition coefficient (Wildman–Crippen LogP) is 1.28. The third-order valence-electron chi connectivity index (χ3n) is 2.84. The summed E-state index contributed by atoms with van der Waals surface area (Å²) >= 11 is 0. The maximum Gasteiger partial charge on any atom is 0.401 e. The van der Waals surface area contributed by atoms with Gasteiger partial charge in [-0.15, -0.1) is 0 Å². The van der Waals surface area contributed by atoms with Crippen LogP contribution in [0.1, 0.15) is 0 Å². The van der Waals surface area contributed by atoms with Crippen LogP contribution in [-0.2, 0) is 9.53 Å². The summed E-state index contributed by atoms with van der Waals surface area (Å²) in [6.45, 7) is -0.936. The Morgan fingerprint density at radius 1 is 1.50 bits per heavy atom. The standard InChI is InChI=1S/C12H14F3N3O2/c13-12(14,15)8-18-5-6-20-7-9(18)11(19)17-10-3-1-2-4-16-10/h1-4,9H,5-8H2,(H,16,17,19). The summed E-state index contributed by atoms with van der Waals surface area (Å²) in [6, 6.07) is 3.95. The van der Waals surface area contributed by atoms with Crippen LogP contribution in [0.3, 0.4) is 0 Å². The number of rotatable bonds is 3. The zero-order valence-corrected chi connectivity index (χ0v) is 10.6. The van der Waals surface area contributed by atoms with Gasteiger partial charge in [0.1, 0.15) is 11.9 Å². The lowest BCUT2D eigenvalue weighted by molar-refractivity contribution is -0.165. The molecule has 8 heteroatoms. The van der Waals surface area contributed by atoms with E-state index in [1.807, 2.05) is 0 Å². The summed E-state index contributed by atoms with van der Waals surface area (Å²) < 4.78 is 42.5. The van der Waals surface area contributed by atoms with E-state index in [0.29, 0.717) is 5.82 Å². The summed E-state index contributed by atoms with van der Waals surface area (Å²) in [5, 5.41) is 2.49. The van der Waals surface area contributed by atoms with E-state index in [-0.39, 0.29) is 19.8 Å². The molecule has 0 radical (unpaired) electrons. The molecular formula is C12H14F3N3O2. The van der Waals surface area contributed by atoms with Gasteiger partial charge in [0.2, 0.25) is 5.91 Å². The molecule has 1 fully saturated rings. The molecule has 2 heterocycles. The zero-order chi connectivity index (χ0) is 14.6. The first-order valence-corrected chi connectivity index (χ1v) is 6.06. The summed E-state index contributed by atoms with van der Waals surface area (Å²) in [5.41, 5.74) is 0. The van der Waals surface area contributed by atoms with Crippen molar-refractivity contribution in [1.29, 1.82) is 0 Å². The number of halogens is 3. The number of anilines is 1. The third kappa shape index (κ3) is 4.17. The lowest BCUT2D eigenvalue weighted by Gasteiger charge is -2.34. The highest BCUT2D eigenvalue weighted by Crippen LogP contribution is 2.20. The number of morpholine rings is 1. The van der Waals surface area contributed by atoms with E-state index < -0.39 is 24.7 Å². The second kappa shape index (κ2) is 6.19. The van der Waals surface area contributed by atoms with E-state index in [4.69, 9.17) is 4.74 Å². The third-order valence-corrected chi connectivity index (χ3v) is 2.84. The lowest BCUT2D eigenvalue weighted by atomic mass is 10.2. The van der Waals surface area contributed by atoms with Gasteiger partial charge in [0, 0.05) is 12.7 Å². The quantitative estimate of drug-likeness (QED) is 0.911. The smallest absolute Gasteiger partial charge is 0.378 e. The van der Waals surface area contributed by atoms with Crippen molar-refractivity contribution in [3.05, 3.63) is 24.4 Å². The number of aromatic nitrogens is 1. The maximum atomic E-state index is 12.5. The molecule has 2 rings (SSSR count). The van der Waals surface area contributed by atoms with E-state index in [0.717, 1.165) is 4.90 Å². The number of carbonyl (C=O) groups is 1. The number of nitrogens with zero attached hydrogens (tertiary/aromatic N) is 2. The highest BCUT2D eigenvalue weighted by molar-refractivity contribution is 5.94. The molecule has 1 atom stereocenters. The predicted molar refractivity (Wildman–Crippen MR) is 65.1 cm³/mol. The van der Waals surface area contributed by atoms with Crippen molar-refractivity contribution >= 4 is 11.7 Å². The van der Waals surface area contributed by atoms with E-state index in [1.54, 1.807) is 18.2 Å². The van der Waals surface area contributed by atoms with Crippen LogP contribution in [0.15, 0.2) is 24.4 Å². The summed E-state index contributed by atoms with van der Waals surface area (Å²) in [4.78, 5) is 17.0. The molecule has 0 saturated carbocycles. The monoisotopic (exact) mass is 289 g/mol. The molecule has 5 nitrogen and oxygen atoms in total. The van der Waals surface area contributed by atoms with Crippen molar-refractivity contribution in [2.45, 2.75) is 12.2 Å². The zero-order valence-electron chi connectivity index (χ0n) is 10.6. The highest BCUT2D eigenvalue weighted by Gasteiger charge is 2.38. The lowest BCUT2D eigenvalue weighted by Crippen LogP contribution is -2.54. The van der Waals surface area contributed by atoms with E-state index in [1.165, 1.54) is 6.20 Å². The molecule has 0 aliphatic carbocycles. The van der Waals surface area contributed by atoms with Crippen LogP contribution >= 0.6 is 0 Å². The van der Waals surface area contributed by atoms with E-state index >= 15 is 0 Å². The van der Waals surface area contributed by atoms with Gasteiger partial charge in [-0.1, -0.05) is 6.07 Å². The fourth-order valence-corrected chi connectivity index (χ4v) is 1.95. The normalized spacial score (nSPS) is 20.6. The number of amides is 1. The van der Waals surface area contributed by atoms with Crippen LogP contribution in [-0.4, -0.2) is 54.3 Å². The number of alkyl halides is 3. The van der Waals surface area contributed by atoms with Crippen molar-refractivity contribution in [3.63, 3.8) is 0 Å². The molecular weight excluding hydrogens is 275 g/mol. The molecule has 110 valence electrons. The molecule has 0 bridgehead atoms. The Balaban J connectivity index is 2.02. The summed E-state index contributed by atoms with van der Waals surface area (Å²) in [7, 11) is 0. The Hall–Kier alpha value is -1.67. The largest absolute Gasteiger partial charge is 0.401 e. The molecule has 1 unspecified atom stereocenters. The van der Waals surface area contributed by atoms with Crippen LogP contribution < -0.4 is 5.32 Å². The van der Waals surface area contributed by atoms with Gasteiger partial charge in [0.25, 0.3) is 0 Å². The molecule has 1 aliphatic rings. The van der Waals surface area contributed by atoms with Crippen LogP contribution in [0.25, 0.3) is 0 Å². The average Bonchev–Trinajstić information content (AvgIpc) is 2.38. The second-order valence-corrected chi connectivity index (χ2v) is 4.38. The number of ether oxygens (including phenoxy) is 1. The van der Waals surface area contributed by atoms with Crippen molar-refractivity contribution in [3.8, 4) is 0 Å². The van der Waals surface area contributed by atoms with Gasteiger partial charge < -0.3 is 10.1 Å². The molecule has 1 saturated heterocycles. The first-order chi connectivity index (χ1) is 9.46. The Morgan fingerprint density at radius 2 is 2.30 bits per heavy atom. The molecule has 0 aromatic carbocycles. The minimum atomic E-state index is -4.35. The molecule has 1 aromatic heterocycles. The van der Waals surface area contributed by atoms with Crippen molar-refractivity contribution in [2.24, 2.45) is 0 Å². The number of hydrogen-bond acceptors (Lipinski definition) is 4. The number of nitrogens with one attached hydrogen (secondary N) is 1. The first kappa shape index (κ1) is 14.7. The molecule has 1 amide bonds. The van der Waals surface area contributed by atoms with Gasteiger partial charge in [-0.05, 0) is 12.1 Å². The SMILES string of the molecule is O=C(Nc1ccccn1)C1COCCN1CC(F)(F)F. The Kier molecular flexibility index (Phi) is 4.56. The Morgan fingerprint density at radius 3 is 2.95 bits per heavy atom. The maximum absolute atomic E-state index is 12.5. The first-order valence-electron chi connectivity index (χ1n) is 6.06. The van der Waals surface area contributed by atoms with Crippen molar-refractivity contribution in [1.82, 2.24) is 9.88 Å². The van der Waals surface area contributed by atoms with Crippen molar-refractivity contribution in [2.75, 3.05) is 31.6 Å². The number of hydrogen-bond donors (Lipinski definition) is 1. The molecule has 20 heavy (non-hydrogen) atoms. The van der Waals surface area contributed by atoms with E-state index in [2.05, 4.69) is 10.3 Å². The molecule has 1 N–H and O–H groups in total. The second-order valence-electron chi connectivity index (χ2n) is 4.38. The van der Waals surface area contributed by atoms with Gasteiger partial charge in [0.05, 0.1) is 19.8 Å². The molecule has 0 spiro atoms. The number of carbonyl (C=O) groups excluding carboxylic acids is 1. The van der Waals surface area contributed by atoms with Crippen LogP contribution in [0.4, 0.5) is 19.0 Å². The van der Waals surface area contributed by atoms with Crippen LogP contribution in [0, 0.1) is 0 Å². The van der Waals surface area contributed by atoms with Gasteiger partial charge in [-0.25, -0.2) is 4.98 Å². The summed E-state index contributed by atoms with van der Waals surface area (Å²) in [5.74, 6) is -0.248. The van der Waals surface area contributed by atoms with Crippen LogP contribution in [0.2, 0.25) is 0 Å². The van der Waals surface area contributed by atoms with Gasteiger partial charge in [0.15, 0.2) is 0 Å². The fraction of sp³-hybridized carbons (Fsp3) is 0.500. The van der Waals surface area contributed by atoms with Gasteiger partial charge >= 0.3 is 6.18 Å². The van der Waals surface area contributed by atoms with Gasteiger partial charge in [-0.2, -0.15) is 13.2 Å². The Labute approximate surface area is 113 Å². The minimum absolute atomic E-state index is 0.0608. The highest BCUT2D eigenvalue weighted by atomic mass is 19.4.